The number of ether oxygens (including phenoxy) is 1. The van der Waals surface area contributed by atoms with E-state index in [1.165, 1.54) is 17.9 Å². The summed E-state index contributed by atoms with van der Waals surface area (Å²) in [6, 6.07) is 12.6. The van der Waals surface area contributed by atoms with Gasteiger partial charge in [-0.15, -0.1) is 0 Å². The van der Waals surface area contributed by atoms with Gasteiger partial charge in [-0.05, 0) is 35.9 Å². The first-order chi connectivity index (χ1) is 15.9. The van der Waals surface area contributed by atoms with Gasteiger partial charge in [-0.25, -0.2) is 14.2 Å². The molecule has 2 heterocycles. The zero-order valence-corrected chi connectivity index (χ0v) is 18.6. The van der Waals surface area contributed by atoms with E-state index in [1.807, 2.05) is 29.2 Å². The Morgan fingerprint density at radius 2 is 2.00 bits per heavy atom. The van der Waals surface area contributed by atoms with E-state index >= 15 is 4.39 Å². The molecule has 2 aliphatic rings. The summed E-state index contributed by atoms with van der Waals surface area (Å²) in [5.74, 6) is -0.587. The Morgan fingerprint density at radius 1 is 1.21 bits per heavy atom. The molecular weight excluding hydrogens is 427 g/mol. The van der Waals surface area contributed by atoms with Crippen molar-refractivity contribution in [1.29, 1.82) is 0 Å². The lowest BCUT2D eigenvalue weighted by atomic mass is 10.2. The molecular formula is C23H29FN6O3. The van der Waals surface area contributed by atoms with Crippen LogP contribution in [0, 0.1) is 5.82 Å². The fourth-order valence-corrected chi connectivity index (χ4v) is 4.01. The van der Waals surface area contributed by atoms with Crippen LogP contribution < -0.4 is 26.3 Å². The maximum absolute atomic E-state index is 15.1. The van der Waals surface area contributed by atoms with Gasteiger partial charge < -0.3 is 20.7 Å². The predicted molar refractivity (Wildman–Crippen MR) is 124 cm³/mol. The van der Waals surface area contributed by atoms with Gasteiger partial charge in [0.05, 0.1) is 24.5 Å². The van der Waals surface area contributed by atoms with E-state index in [0.717, 1.165) is 24.3 Å². The van der Waals surface area contributed by atoms with E-state index in [1.54, 1.807) is 12.1 Å². The first-order valence-corrected chi connectivity index (χ1v) is 11.0. The molecule has 0 spiro atoms. The van der Waals surface area contributed by atoms with Crippen LogP contribution in [0.4, 0.5) is 26.2 Å². The summed E-state index contributed by atoms with van der Waals surface area (Å²) in [7, 11) is 0. The molecule has 176 valence electrons. The van der Waals surface area contributed by atoms with Crippen LogP contribution in [0.1, 0.15) is 12.5 Å². The monoisotopic (exact) mass is 456 g/mol. The Bertz CT molecular complexity index is 1000. The zero-order valence-electron chi connectivity index (χ0n) is 18.6. The number of nitrogens with zero attached hydrogens (tertiary/aromatic N) is 3. The van der Waals surface area contributed by atoms with Crippen molar-refractivity contribution in [3.8, 4) is 0 Å². The van der Waals surface area contributed by atoms with Crippen molar-refractivity contribution in [3.63, 3.8) is 0 Å². The standard InChI is InChI=1S/C23H29FN6O3/c1-16(31)26-13-20-15-30(23(32)33-20)19-6-7-22(21(24)12-19)28-9-8-27-29(11-10-28)14-17-2-4-18(25)5-3-17/h2-7,12,20,27H,8-11,13-15,25H2,1H3,(H,26,31)/t20-/m0/s1. The average Bonchev–Trinajstić information content (AvgIpc) is 3.01. The second-order valence-corrected chi connectivity index (χ2v) is 8.25. The van der Waals surface area contributed by atoms with Crippen molar-refractivity contribution >= 4 is 29.1 Å². The van der Waals surface area contributed by atoms with Crippen molar-refractivity contribution in [2.75, 3.05) is 54.8 Å². The molecule has 0 radical (unpaired) electrons. The average molecular weight is 457 g/mol. The normalized spacial score (nSPS) is 19.3. The minimum atomic E-state index is -0.546. The third-order valence-electron chi connectivity index (χ3n) is 5.75. The number of hydrogen-bond acceptors (Lipinski definition) is 7. The second kappa shape index (κ2) is 10.1. The molecule has 9 nitrogen and oxygen atoms in total. The van der Waals surface area contributed by atoms with Gasteiger partial charge in [0.2, 0.25) is 5.91 Å². The van der Waals surface area contributed by atoms with Gasteiger partial charge in [-0.3, -0.25) is 15.1 Å². The summed E-state index contributed by atoms with van der Waals surface area (Å²) in [6.07, 6.45) is -1.01. The minimum absolute atomic E-state index is 0.195. The molecule has 0 saturated carbocycles. The molecule has 10 heteroatoms. The molecule has 2 aromatic rings. The number of halogens is 1. The highest BCUT2D eigenvalue weighted by molar-refractivity contribution is 5.90. The van der Waals surface area contributed by atoms with Gasteiger partial charge in [0.15, 0.2) is 0 Å². The topological polar surface area (TPSA) is 103 Å². The molecule has 0 unspecified atom stereocenters. The number of hydrazine groups is 1. The number of hydrogen-bond donors (Lipinski definition) is 3. The number of carbonyl (C=O) groups is 2. The summed E-state index contributed by atoms with van der Waals surface area (Å²) in [5.41, 5.74) is 12.0. The molecule has 2 aliphatic heterocycles. The fourth-order valence-electron chi connectivity index (χ4n) is 4.01. The highest BCUT2D eigenvalue weighted by Crippen LogP contribution is 2.28. The zero-order chi connectivity index (χ0) is 23.4. The van der Waals surface area contributed by atoms with Crippen LogP contribution in [0.3, 0.4) is 0 Å². The van der Waals surface area contributed by atoms with Crippen molar-refractivity contribution in [2.45, 2.75) is 19.6 Å². The Balaban J connectivity index is 1.37. The number of nitrogen functional groups attached to an aromatic ring is 1. The molecule has 4 rings (SSSR count). The lowest BCUT2D eigenvalue weighted by Gasteiger charge is -2.24. The Labute approximate surface area is 192 Å². The quantitative estimate of drug-likeness (QED) is 0.569. The minimum Gasteiger partial charge on any atom is -0.442 e. The lowest BCUT2D eigenvalue weighted by Crippen LogP contribution is -2.38. The molecule has 0 aliphatic carbocycles. The number of nitrogens with one attached hydrogen (secondary N) is 2. The largest absolute Gasteiger partial charge is 0.442 e. The Hall–Kier alpha value is -3.37. The first-order valence-electron chi connectivity index (χ1n) is 11.0. The van der Waals surface area contributed by atoms with Gasteiger partial charge in [0.1, 0.15) is 11.9 Å². The predicted octanol–water partition coefficient (Wildman–Crippen LogP) is 1.70. The summed E-state index contributed by atoms with van der Waals surface area (Å²) >= 11 is 0. The molecule has 2 fully saturated rings. The van der Waals surface area contributed by atoms with E-state index in [2.05, 4.69) is 15.8 Å². The highest BCUT2D eigenvalue weighted by Gasteiger charge is 2.33. The maximum Gasteiger partial charge on any atom is 0.414 e. The smallest absolute Gasteiger partial charge is 0.414 e. The molecule has 4 N–H and O–H groups in total. The van der Waals surface area contributed by atoms with Crippen molar-refractivity contribution < 1.29 is 18.7 Å². The number of cyclic esters (lactones) is 1. The van der Waals surface area contributed by atoms with Crippen molar-refractivity contribution in [2.24, 2.45) is 0 Å². The molecule has 0 bridgehead atoms. The van der Waals surface area contributed by atoms with Gasteiger partial charge in [0.25, 0.3) is 0 Å². The Kier molecular flexibility index (Phi) is 6.95. The van der Waals surface area contributed by atoms with E-state index < -0.39 is 18.0 Å². The molecule has 1 atom stereocenters. The number of nitrogens with two attached hydrogens (primary N) is 1. The lowest BCUT2D eigenvalue weighted by molar-refractivity contribution is -0.119. The summed E-state index contributed by atoms with van der Waals surface area (Å²) in [6.45, 7) is 5.32. The van der Waals surface area contributed by atoms with Gasteiger partial charge in [0, 0.05) is 45.3 Å². The van der Waals surface area contributed by atoms with Gasteiger partial charge >= 0.3 is 6.09 Å². The van der Waals surface area contributed by atoms with Crippen molar-refractivity contribution in [3.05, 3.63) is 53.8 Å². The third-order valence-corrected chi connectivity index (χ3v) is 5.75. The summed E-state index contributed by atoms with van der Waals surface area (Å²) < 4.78 is 20.3. The number of amides is 2. The van der Waals surface area contributed by atoms with Crippen LogP contribution in [0.25, 0.3) is 0 Å². The van der Waals surface area contributed by atoms with Crippen LogP contribution in [-0.4, -0.2) is 62.4 Å². The summed E-state index contributed by atoms with van der Waals surface area (Å²) in [5, 5.41) is 4.75. The fraction of sp³-hybridized carbons (Fsp3) is 0.391. The van der Waals surface area contributed by atoms with E-state index in [9.17, 15) is 9.59 Å². The van der Waals surface area contributed by atoms with E-state index in [-0.39, 0.29) is 19.0 Å². The second-order valence-electron chi connectivity index (χ2n) is 8.25. The van der Waals surface area contributed by atoms with E-state index in [0.29, 0.717) is 31.0 Å². The SMILES string of the molecule is CC(=O)NC[C@H]1CN(c2ccc(N3CCNN(Cc4ccc(N)cc4)CC3)c(F)c2)C(=O)O1. The van der Waals surface area contributed by atoms with Crippen LogP contribution in [-0.2, 0) is 16.1 Å². The summed E-state index contributed by atoms with van der Waals surface area (Å²) in [4.78, 5) is 26.7. The number of benzene rings is 2. The van der Waals surface area contributed by atoms with Gasteiger partial charge in [-0.1, -0.05) is 12.1 Å². The van der Waals surface area contributed by atoms with Crippen LogP contribution >= 0.6 is 0 Å². The third kappa shape index (κ3) is 5.71. The van der Waals surface area contributed by atoms with Crippen LogP contribution in [0.15, 0.2) is 42.5 Å². The van der Waals surface area contributed by atoms with E-state index in [4.69, 9.17) is 10.5 Å². The van der Waals surface area contributed by atoms with Crippen molar-refractivity contribution in [1.82, 2.24) is 15.8 Å². The number of rotatable bonds is 6. The van der Waals surface area contributed by atoms with Crippen LogP contribution in [0.2, 0.25) is 0 Å². The maximum atomic E-state index is 15.1. The molecule has 0 aromatic heterocycles. The number of carbonyl (C=O) groups excluding carboxylic acids is 2. The van der Waals surface area contributed by atoms with Gasteiger partial charge in [-0.2, -0.15) is 0 Å². The molecule has 33 heavy (non-hydrogen) atoms. The van der Waals surface area contributed by atoms with Crippen LogP contribution in [0.5, 0.6) is 0 Å². The molecule has 2 saturated heterocycles. The highest BCUT2D eigenvalue weighted by atomic mass is 19.1. The first kappa shape index (κ1) is 22.8. The Morgan fingerprint density at radius 3 is 2.73 bits per heavy atom. The molecule has 2 aromatic carbocycles. The molecule has 2 amide bonds. The number of anilines is 3.